The number of rotatable bonds is 4. The summed E-state index contributed by atoms with van der Waals surface area (Å²) in [6.07, 6.45) is 11.2. The smallest absolute Gasteiger partial charge is 0.0999 e. The number of hydrogen-bond donors (Lipinski definition) is 1. The molecule has 0 amide bonds. The highest BCUT2D eigenvalue weighted by atomic mass is 16.5. The molecule has 0 fully saturated rings. The Balaban J connectivity index is 2.00. The second-order valence-corrected chi connectivity index (χ2v) is 4.53. The van der Waals surface area contributed by atoms with Gasteiger partial charge in [0, 0.05) is 12.5 Å². The van der Waals surface area contributed by atoms with E-state index in [0.717, 1.165) is 25.1 Å². The number of hydrogen-bond acceptors (Lipinski definition) is 2. The first kappa shape index (κ1) is 11.5. The quantitative estimate of drug-likeness (QED) is 0.785. The van der Waals surface area contributed by atoms with Crippen LogP contribution in [0, 0.1) is 0 Å². The molecule has 1 unspecified atom stereocenters. The van der Waals surface area contributed by atoms with Crippen LogP contribution in [0.4, 0.5) is 0 Å². The molecule has 0 saturated heterocycles. The van der Waals surface area contributed by atoms with Crippen molar-refractivity contribution in [3.63, 3.8) is 0 Å². The monoisotopic (exact) mass is 219 g/mol. The Morgan fingerprint density at radius 3 is 3.00 bits per heavy atom. The Hall–Kier alpha value is -1.02. The molecule has 0 aliphatic heterocycles. The van der Waals surface area contributed by atoms with Crippen LogP contribution in [0.15, 0.2) is 35.1 Å². The third-order valence-electron chi connectivity index (χ3n) is 3.31. The van der Waals surface area contributed by atoms with Gasteiger partial charge in [-0.3, -0.25) is 0 Å². The highest BCUT2D eigenvalue weighted by Crippen LogP contribution is 2.32. The first-order valence-corrected chi connectivity index (χ1v) is 6.20. The van der Waals surface area contributed by atoms with Crippen LogP contribution in [0.2, 0.25) is 0 Å². The molecule has 1 N–H and O–H groups in total. The fourth-order valence-corrected chi connectivity index (χ4v) is 2.34. The molecule has 0 aromatic heterocycles. The molecule has 0 saturated carbocycles. The number of ether oxygens (including phenoxy) is 1. The van der Waals surface area contributed by atoms with Gasteiger partial charge in [0.25, 0.3) is 0 Å². The standard InChI is InChI=1S/C14H21NO/c1-3-8-15-13-6-4-12-10-14(16-2)7-5-11(12)9-13/h4-5,7,13,15H,3,6,8-10H2,1-2H3. The van der Waals surface area contributed by atoms with E-state index in [9.17, 15) is 0 Å². The largest absolute Gasteiger partial charge is 0.501 e. The van der Waals surface area contributed by atoms with Gasteiger partial charge in [-0.2, -0.15) is 0 Å². The first-order chi connectivity index (χ1) is 7.83. The summed E-state index contributed by atoms with van der Waals surface area (Å²) >= 11 is 0. The van der Waals surface area contributed by atoms with Crippen molar-refractivity contribution in [3.05, 3.63) is 35.1 Å². The molecule has 2 nitrogen and oxygen atoms in total. The predicted octanol–water partition coefficient (Wildman–Crippen LogP) is 2.94. The molecular weight excluding hydrogens is 198 g/mol. The molecule has 0 spiro atoms. The summed E-state index contributed by atoms with van der Waals surface area (Å²) in [4.78, 5) is 0. The zero-order valence-electron chi connectivity index (χ0n) is 10.3. The molecule has 2 aliphatic carbocycles. The van der Waals surface area contributed by atoms with Crippen LogP contribution in [-0.2, 0) is 4.74 Å². The molecule has 0 bridgehead atoms. The van der Waals surface area contributed by atoms with E-state index in [1.165, 1.54) is 24.0 Å². The molecule has 16 heavy (non-hydrogen) atoms. The lowest BCUT2D eigenvalue weighted by Crippen LogP contribution is -2.32. The zero-order chi connectivity index (χ0) is 11.4. The third-order valence-corrected chi connectivity index (χ3v) is 3.31. The number of allylic oxidation sites excluding steroid dienone is 3. The highest BCUT2D eigenvalue weighted by molar-refractivity contribution is 5.43. The molecular formula is C14H21NO. The summed E-state index contributed by atoms with van der Waals surface area (Å²) in [5.41, 5.74) is 2.95. The predicted molar refractivity (Wildman–Crippen MR) is 67.2 cm³/mol. The van der Waals surface area contributed by atoms with E-state index in [-0.39, 0.29) is 0 Å². The van der Waals surface area contributed by atoms with Crippen molar-refractivity contribution in [2.45, 2.75) is 38.6 Å². The van der Waals surface area contributed by atoms with Crippen LogP contribution < -0.4 is 5.32 Å². The van der Waals surface area contributed by atoms with Crippen molar-refractivity contribution in [3.8, 4) is 0 Å². The lowest BCUT2D eigenvalue weighted by molar-refractivity contribution is 0.281. The maximum absolute atomic E-state index is 5.29. The third kappa shape index (κ3) is 2.56. The van der Waals surface area contributed by atoms with E-state index >= 15 is 0 Å². The Morgan fingerprint density at radius 2 is 2.25 bits per heavy atom. The van der Waals surface area contributed by atoms with E-state index in [4.69, 9.17) is 4.74 Å². The summed E-state index contributed by atoms with van der Waals surface area (Å²) in [7, 11) is 1.75. The Labute approximate surface area is 98.1 Å². The van der Waals surface area contributed by atoms with Crippen molar-refractivity contribution < 1.29 is 4.74 Å². The second kappa shape index (κ2) is 5.35. The Kier molecular flexibility index (Phi) is 3.83. The maximum Gasteiger partial charge on any atom is 0.0999 e. The van der Waals surface area contributed by atoms with Crippen LogP contribution in [-0.4, -0.2) is 19.7 Å². The second-order valence-electron chi connectivity index (χ2n) is 4.53. The fraction of sp³-hybridized carbons (Fsp3) is 0.571. The Bertz CT molecular complexity index is 339. The van der Waals surface area contributed by atoms with Crippen LogP contribution in [0.5, 0.6) is 0 Å². The van der Waals surface area contributed by atoms with Crippen LogP contribution in [0.25, 0.3) is 0 Å². The van der Waals surface area contributed by atoms with Gasteiger partial charge in [-0.1, -0.05) is 19.1 Å². The van der Waals surface area contributed by atoms with Gasteiger partial charge >= 0.3 is 0 Å². The summed E-state index contributed by atoms with van der Waals surface area (Å²) < 4.78 is 5.29. The molecule has 0 radical (unpaired) electrons. The van der Waals surface area contributed by atoms with Gasteiger partial charge in [0.2, 0.25) is 0 Å². The molecule has 2 aliphatic rings. The van der Waals surface area contributed by atoms with E-state index in [1.807, 2.05) is 0 Å². The molecule has 0 aromatic carbocycles. The summed E-state index contributed by atoms with van der Waals surface area (Å²) in [6.45, 7) is 3.34. The lowest BCUT2D eigenvalue weighted by atomic mass is 9.85. The number of fused-ring (bicyclic) bond motifs is 1. The lowest BCUT2D eigenvalue weighted by Gasteiger charge is -2.27. The molecule has 0 heterocycles. The first-order valence-electron chi connectivity index (χ1n) is 6.20. The van der Waals surface area contributed by atoms with E-state index in [1.54, 1.807) is 7.11 Å². The maximum atomic E-state index is 5.29. The van der Waals surface area contributed by atoms with E-state index < -0.39 is 0 Å². The van der Waals surface area contributed by atoms with Gasteiger partial charge in [0.05, 0.1) is 12.9 Å². The minimum atomic E-state index is 0.632. The average Bonchev–Trinajstić information content (AvgIpc) is 2.35. The van der Waals surface area contributed by atoms with E-state index in [0.29, 0.717) is 6.04 Å². The molecule has 1 atom stereocenters. The minimum absolute atomic E-state index is 0.632. The number of nitrogens with one attached hydrogen (secondary N) is 1. The van der Waals surface area contributed by atoms with Crippen LogP contribution >= 0.6 is 0 Å². The highest BCUT2D eigenvalue weighted by Gasteiger charge is 2.20. The van der Waals surface area contributed by atoms with E-state index in [2.05, 4.69) is 30.5 Å². The minimum Gasteiger partial charge on any atom is -0.501 e. The van der Waals surface area contributed by atoms with Crippen molar-refractivity contribution in [2.24, 2.45) is 0 Å². The Morgan fingerprint density at radius 1 is 1.38 bits per heavy atom. The summed E-state index contributed by atoms with van der Waals surface area (Å²) in [5.74, 6) is 1.08. The van der Waals surface area contributed by atoms with Gasteiger partial charge in [-0.25, -0.2) is 0 Å². The zero-order valence-corrected chi connectivity index (χ0v) is 10.3. The van der Waals surface area contributed by atoms with Gasteiger partial charge in [-0.15, -0.1) is 0 Å². The van der Waals surface area contributed by atoms with Gasteiger partial charge in [0.15, 0.2) is 0 Å². The van der Waals surface area contributed by atoms with Gasteiger partial charge in [-0.05, 0) is 43.0 Å². The fourth-order valence-electron chi connectivity index (χ4n) is 2.34. The van der Waals surface area contributed by atoms with Gasteiger partial charge < -0.3 is 10.1 Å². The topological polar surface area (TPSA) is 21.3 Å². The SMILES string of the molecule is CCCNC1CC=C2CC(OC)=CC=C2C1. The van der Waals surface area contributed by atoms with Crippen molar-refractivity contribution in [1.82, 2.24) is 5.32 Å². The summed E-state index contributed by atoms with van der Waals surface area (Å²) in [6, 6.07) is 0.632. The van der Waals surface area contributed by atoms with Crippen molar-refractivity contribution >= 4 is 0 Å². The molecule has 2 rings (SSSR count). The van der Waals surface area contributed by atoms with Crippen LogP contribution in [0.3, 0.4) is 0 Å². The van der Waals surface area contributed by atoms with Crippen molar-refractivity contribution in [2.75, 3.05) is 13.7 Å². The summed E-state index contributed by atoms with van der Waals surface area (Å²) in [5, 5.41) is 3.59. The molecule has 2 heteroatoms. The molecule has 88 valence electrons. The molecule has 0 aromatic rings. The van der Waals surface area contributed by atoms with Crippen molar-refractivity contribution in [1.29, 1.82) is 0 Å². The number of methoxy groups -OCH3 is 1. The van der Waals surface area contributed by atoms with Crippen LogP contribution in [0.1, 0.15) is 32.6 Å². The average molecular weight is 219 g/mol. The van der Waals surface area contributed by atoms with Gasteiger partial charge in [0.1, 0.15) is 0 Å². The normalized spacial score (nSPS) is 24.1.